The molecule has 2 N–H and O–H groups in total. The minimum absolute atomic E-state index is 0.102. The molecular weight excluding hydrogens is 458 g/mol. The molecule has 0 bridgehead atoms. The Balaban J connectivity index is 1.33. The maximum atomic E-state index is 12.8. The molecule has 1 aliphatic heterocycles. The monoisotopic (exact) mass is 481 g/mol. The van der Waals surface area contributed by atoms with Crippen molar-refractivity contribution in [1.29, 1.82) is 0 Å². The van der Waals surface area contributed by atoms with Gasteiger partial charge in [0.15, 0.2) is 0 Å². The van der Waals surface area contributed by atoms with Crippen LogP contribution in [0.15, 0.2) is 60.9 Å². The first-order valence-electron chi connectivity index (χ1n) is 10.7. The molecule has 0 saturated carbocycles. The molecule has 2 heterocycles. The minimum Gasteiger partial charge on any atom is -0.495 e. The molecule has 34 heavy (non-hydrogen) atoms. The summed E-state index contributed by atoms with van der Waals surface area (Å²) in [5, 5.41) is 10.2. The summed E-state index contributed by atoms with van der Waals surface area (Å²) in [7, 11) is 1.52. The van der Waals surface area contributed by atoms with E-state index in [0.29, 0.717) is 22.1 Å². The number of carbonyl (C=O) groups is 3. The largest absolute Gasteiger partial charge is 0.495 e. The Morgan fingerprint density at radius 2 is 2.06 bits per heavy atom. The van der Waals surface area contributed by atoms with Crippen LogP contribution in [0.25, 0.3) is 0 Å². The molecule has 10 heteroatoms. The Labute approximate surface area is 201 Å². The smallest absolute Gasteiger partial charge is 0.246 e. The first-order chi connectivity index (χ1) is 16.4. The van der Waals surface area contributed by atoms with Gasteiger partial charge in [-0.05, 0) is 42.0 Å². The summed E-state index contributed by atoms with van der Waals surface area (Å²) in [4.78, 5) is 39.1. The number of amides is 3. The van der Waals surface area contributed by atoms with E-state index in [1.807, 2.05) is 6.07 Å². The van der Waals surface area contributed by atoms with Gasteiger partial charge in [-0.3, -0.25) is 19.1 Å². The summed E-state index contributed by atoms with van der Waals surface area (Å²) in [6.07, 6.45) is 3.42. The van der Waals surface area contributed by atoms with Crippen LogP contribution in [-0.2, 0) is 27.5 Å². The predicted molar refractivity (Wildman–Crippen MR) is 128 cm³/mol. The third-order valence-electron chi connectivity index (χ3n) is 5.47. The van der Waals surface area contributed by atoms with Gasteiger partial charge in [0.05, 0.1) is 18.7 Å². The molecule has 1 atom stereocenters. The molecule has 4 rings (SSSR count). The maximum absolute atomic E-state index is 12.8. The van der Waals surface area contributed by atoms with E-state index in [1.54, 1.807) is 54.9 Å². The summed E-state index contributed by atoms with van der Waals surface area (Å²) in [5.41, 5.74) is 2.00. The number of hydrogen-bond donors (Lipinski definition) is 2. The summed E-state index contributed by atoms with van der Waals surface area (Å²) < 4.78 is 6.87. The highest BCUT2D eigenvalue weighted by molar-refractivity contribution is 6.31. The van der Waals surface area contributed by atoms with Gasteiger partial charge in [-0.2, -0.15) is 5.10 Å². The van der Waals surface area contributed by atoms with Crippen LogP contribution in [0.2, 0.25) is 5.02 Å². The standard InChI is InChI=1S/C24H24ClN5O4/c1-34-21-7-6-18(25)12-20(21)30-14-17(11-23(30)32)24(33)26-13-16-4-2-5-19(10-16)28-22(31)15-29-9-3-8-27-29/h2-10,12,17H,11,13-15H2,1H3,(H,26,33)(H,28,31). The fourth-order valence-corrected chi connectivity index (χ4v) is 3.99. The Kier molecular flexibility index (Phi) is 7.12. The van der Waals surface area contributed by atoms with Gasteiger partial charge in [0.25, 0.3) is 0 Å². The number of ether oxygens (including phenoxy) is 1. The van der Waals surface area contributed by atoms with E-state index < -0.39 is 5.92 Å². The molecule has 0 spiro atoms. The quantitative estimate of drug-likeness (QED) is 0.514. The Morgan fingerprint density at radius 3 is 2.82 bits per heavy atom. The van der Waals surface area contributed by atoms with Gasteiger partial charge in [-0.25, -0.2) is 0 Å². The predicted octanol–water partition coefficient (Wildman–Crippen LogP) is 2.85. The first kappa shape index (κ1) is 23.3. The Morgan fingerprint density at radius 1 is 1.21 bits per heavy atom. The second kappa shape index (κ2) is 10.4. The third kappa shape index (κ3) is 5.55. The van der Waals surface area contributed by atoms with Crippen LogP contribution in [0.1, 0.15) is 12.0 Å². The lowest BCUT2D eigenvalue weighted by atomic mass is 10.1. The highest BCUT2D eigenvalue weighted by Crippen LogP contribution is 2.35. The zero-order valence-electron chi connectivity index (χ0n) is 18.5. The van der Waals surface area contributed by atoms with Crippen LogP contribution in [-0.4, -0.2) is 41.2 Å². The molecule has 3 aromatic rings. The third-order valence-corrected chi connectivity index (χ3v) is 5.70. The van der Waals surface area contributed by atoms with E-state index >= 15 is 0 Å². The number of rotatable bonds is 8. The zero-order chi connectivity index (χ0) is 24.1. The summed E-state index contributed by atoms with van der Waals surface area (Å²) in [6.45, 7) is 0.620. The molecule has 176 valence electrons. The van der Waals surface area contributed by atoms with Gasteiger partial charge in [0.2, 0.25) is 17.7 Å². The number of hydrogen-bond acceptors (Lipinski definition) is 5. The normalized spacial score (nSPS) is 15.3. The van der Waals surface area contributed by atoms with Crippen molar-refractivity contribution in [2.75, 3.05) is 23.9 Å². The van der Waals surface area contributed by atoms with Crippen LogP contribution in [0.4, 0.5) is 11.4 Å². The van der Waals surface area contributed by atoms with Crippen molar-refractivity contribution in [3.05, 3.63) is 71.5 Å². The molecule has 1 aromatic heterocycles. The second-order valence-electron chi connectivity index (χ2n) is 7.89. The average molecular weight is 482 g/mol. The van der Waals surface area contributed by atoms with E-state index in [-0.39, 0.29) is 43.8 Å². The molecule has 0 aliphatic carbocycles. The van der Waals surface area contributed by atoms with E-state index in [2.05, 4.69) is 15.7 Å². The van der Waals surface area contributed by atoms with Gasteiger partial charge in [0.1, 0.15) is 12.3 Å². The van der Waals surface area contributed by atoms with E-state index in [4.69, 9.17) is 16.3 Å². The molecule has 1 saturated heterocycles. The lowest BCUT2D eigenvalue weighted by Crippen LogP contribution is -2.32. The van der Waals surface area contributed by atoms with Gasteiger partial charge < -0.3 is 20.3 Å². The number of anilines is 2. The summed E-state index contributed by atoms with van der Waals surface area (Å²) in [6, 6.07) is 14.0. The number of carbonyl (C=O) groups excluding carboxylic acids is 3. The topological polar surface area (TPSA) is 106 Å². The van der Waals surface area contributed by atoms with Crippen molar-refractivity contribution in [2.24, 2.45) is 5.92 Å². The highest BCUT2D eigenvalue weighted by Gasteiger charge is 2.36. The molecule has 1 fully saturated rings. The number of benzene rings is 2. The molecule has 2 aromatic carbocycles. The number of nitrogens with one attached hydrogen (secondary N) is 2. The van der Waals surface area contributed by atoms with Crippen LogP contribution in [0.5, 0.6) is 5.75 Å². The minimum atomic E-state index is -0.492. The number of halogens is 1. The van der Waals surface area contributed by atoms with Crippen LogP contribution in [0.3, 0.4) is 0 Å². The Bertz CT molecular complexity index is 1200. The summed E-state index contributed by atoms with van der Waals surface area (Å²) >= 11 is 6.09. The zero-order valence-corrected chi connectivity index (χ0v) is 19.3. The second-order valence-corrected chi connectivity index (χ2v) is 8.33. The lowest BCUT2D eigenvalue weighted by Gasteiger charge is -2.20. The number of aromatic nitrogens is 2. The maximum Gasteiger partial charge on any atom is 0.246 e. The van der Waals surface area contributed by atoms with Crippen molar-refractivity contribution in [3.8, 4) is 5.75 Å². The van der Waals surface area contributed by atoms with Crippen molar-refractivity contribution in [1.82, 2.24) is 15.1 Å². The number of nitrogens with zero attached hydrogens (tertiary/aromatic N) is 3. The van der Waals surface area contributed by atoms with Gasteiger partial charge in [0, 0.05) is 42.6 Å². The highest BCUT2D eigenvalue weighted by atomic mass is 35.5. The fourth-order valence-electron chi connectivity index (χ4n) is 3.82. The van der Waals surface area contributed by atoms with Crippen LogP contribution >= 0.6 is 11.6 Å². The molecule has 3 amide bonds. The first-order valence-corrected chi connectivity index (χ1v) is 11.1. The fraction of sp³-hybridized carbons (Fsp3) is 0.250. The lowest BCUT2D eigenvalue weighted by molar-refractivity contribution is -0.126. The molecule has 1 aliphatic rings. The van der Waals surface area contributed by atoms with Crippen LogP contribution in [0, 0.1) is 5.92 Å². The molecule has 9 nitrogen and oxygen atoms in total. The van der Waals surface area contributed by atoms with E-state index in [9.17, 15) is 14.4 Å². The van der Waals surface area contributed by atoms with Crippen molar-refractivity contribution < 1.29 is 19.1 Å². The molecule has 0 radical (unpaired) electrons. The van der Waals surface area contributed by atoms with Crippen LogP contribution < -0.4 is 20.3 Å². The summed E-state index contributed by atoms with van der Waals surface area (Å²) in [5.74, 6) is -0.558. The van der Waals surface area contributed by atoms with Gasteiger partial charge in [-0.1, -0.05) is 23.7 Å². The Hall–Kier alpha value is -3.85. The van der Waals surface area contributed by atoms with Crippen molar-refractivity contribution in [3.63, 3.8) is 0 Å². The van der Waals surface area contributed by atoms with Crippen molar-refractivity contribution >= 4 is 40.7 Å². The van der Waals surface area contributed by atoms with Gasteiger partial charge in [-0.15, -0.1) is 0 Å². The molecule has 1 unspecified atom stereocenters. The number of methoxy groups -OCH3 is 1. The average Bonchev–Trinajstić information content (AvgIpc) is 3.47. The van der Waals surface area contributed by atoms with E-state index in [1.165, 1.54) is 16.7 Å². The SMILES string of the molecule is COc1ccc(Cl)cc1N1CC(C(=O)NCc2cccc(NC(=O)Cn3cccn3)c2)CC1=O. The van der Waals surface area contributed by atoms with E-state index in [0.717, 1.165) is 5.56 Å². The van der Waals surface area contributed by atoms with Gasteiger partial charge >= 0.3 is 0 Å². The van der Waals surface area contributed by atoms with Crippen molar-refractivity contribution in [2.45, 2.75) is 19.5 Å². The molecular formula is C24H24ClN5O4.